The number of carbonyl (C=O) groups is 1. The lowest BCUT2D eigenvalue weighted by atomic mass is 9.74. The van der Waals surface area contributed by atoms with E-state index >= 15 is 0 Å². The van der Waals surface area contributed by atoms with Gasteiger partial charge in [-0.25, -0.2) is 0 Å². The fourth-order valence-corrected chi connectivity index (χ4v) is 6.83. The molecule has 0 atom stereocenters. The van der Waals surface area contributed by atoms with E-state index in [1.807, 2.05) is 18.2 Å². The highest BCUT2D eigenvalue weighted by molar-refractivity contribution is 8.76. The third-order valence-corrected chi connectivity index (χ3v) is 10.9. The summed E-state index contributed by atoms with van der Waals surface area (Å²) in [4.78, 5) is 12.9. The Hall–Kier alpha value is -2.20. The standard InChI is InChI=1S/C32H48N4O3S2/c1-22(2)31(4,5)26-20-24(8-10-28(26)34-12-16-37)30(39)35-14-19-41-40-18-13-33-25-9-11-29-27(21-25)32(6,7)23(3)36(29)15-17-38/h8-11,20-22,33,37-38H,12-19H2,1-7H3,(H-,34,35,39)/p+1. The zero-order valence-electron chi connectivity index (χ0n) is 25.8. The fourth-order valence-electron chi connectivity index (χ4n) is 5.02. The van der Waals surface area contributed by atoms with Gasteiger partial charge < -0.3 is 26.2 Å². The first-order valence-electron chi connectivity index (χ1n) is 14.6. The van der Waals surface area contributed by atoms with E-state index < -0.39 is 0 Å². The maximum absolute atomic E-state index is 12.9. The number of β-amino-alcohol motifs (C(OH)–C–C–N with tert-alkyl or cyclic N) is 1. The van der Waals surface area contributed by atoms with E-state index in [-0.39, 0.29) is 30.0 Å². The van der Waals surface area contributed by atoms with Gasteiger partial charge in [-0.1, -0.05) is 49.3 Å². The molecule has 0 unspecified atom stereocenters. The topological polar surface area (TPSA) is 96.6 Å². The molecule has 0 fully saturated rings. The molecule has 0 radical (unpaired) electrons. The van der Waals surface area contributed by atoms with E-state index in [1.165, 1.54) is 17.0 Å². The second kappa shape index (κ2) is 14.8. The summed E-state index contributed by atoms with van der Waals surface area (Å²) in [6, 6.07) is 12.3. The van der Waals surface area contributed by atoms with Crippen molar-refractivity contribution in [2.45, 2.75) is 59.3 Å². The van der Waals surface area contributed by atoms with Crippen molar-refractivity contribution in [2.75, 3.05) is 61.5 Å². The van der Waals surface area contributed by atoms with Crippen LogP contribution in [0.5, 0.6) is 0 Å². The predicted octanol–water partition coefficient (Wildman–Crippen LogP) is 5.64. The molecule has 0 saturated heterocycles. The van der Waals surface area contributed by atoms with Crippen LogP contribution < -0.4 is 16.0 Å². The summed E-state index contributed by atoms with van der Waals surface area (Å²) in [6.07, 6.45) is 0. The molecule has 0 spiro atoms. The Bertz CT molecular complexity index is 1230. The van der Waals surface area contributed by atoms with Crippen LogP contribution in [0, 0.1) is 5.92 Å². The monoisotopic (exact) mass is 601 g/mol. The SMILES string of the molecule is CC1=[N+](CCO)c2ccc(NCCSSCCNC(=O)c3ccc(NCCO)c(C(C)(C)C(C)C)c3)cc2C1(C)C. The van der Waals surface area contributed by atoms with Gasteiger partial charge in [0.25, 0.3) is 5.91 Å². The van der Waals surface area contributed by atoms with E-state index in [1.54, 1.807) is 21.6 Å². The Kier molecular flexibility index (Phi) is 12.0. The highest BCUT2D eigenvalue weighted by atomic mass is 33.1. The molecule has 0 saturated carbocycles. The minimum Gasteiger partial charge on any atom is -0.395 e. The van der Waals surface area contributed by atoms with Crippen LogP contribution in [0.2, 0.25) is 0 Å². The Morgan fingerprint density at radius 2 is 1.68 bits per heavy atom. The second-order valence-corrected chi connectivity index (χ2v) is 14.6. The number of nitrogens with zero attached hydrogens (tertiary/aromatic N) is 1. The Balaban J connectivity index is 1.43. The summed E-state index contributed by atoms with van der Waals surface area (Å²) < 4.78 is 2.22. The number of fused-ring (bicyclic) bond motifs is 1. The first kappa shape index (κ1) is 33.3. The van der Waals surface area contributed by atoms with Gasteiger partial charge in [0.05, 0.1) is 12.0 Å². The molecular weight excluding hydrogens is 553 g/mol. The molecule has 0 aromatic heterocycles. The Morgan fingerprint density at radius 3 is 2.34 bits per heavy atom. The van der Waals surface area contributed by atoms with Gasteiger partial charge in [-0.15, -0.1) is 0 Å². The summed E-state index contributed by atoms with van der Waals surface area (Å²) in [6.45, 7) is 18.2. The highest BCUT2D eigenvalue weighted by Gasteiger charge is 2.42. The minimum absolute atomic E-state index is 0.0533. The van der Waals surface area contributed by atoms with E-state index in [0.717, 1.165) is 35.0 Å². The molecular formula is C32H49N4O3S2+. The van der Waals surface area contributed by atoms with Crippen molar-refractivity contribution in [3.8, 4) is 0 Å². The van der Waals surface area contributed by atoms with Crippen molar-refractivity contribution in [2.24, 2.45) is 5.92 Å². The van der Waals surface area contributed by atoms with Crippen LogP contribution in [0.4, 0.5) is 17.1 Å². The van der Waals surface area contributed by atoms with E-state index in [0.29, 0.717) is 31.1 Å². The van der Waals surface area contributed by atoms with Crippen LogP contribution in [0.1, 0.15) is 70.0 Å². The normalized spacial score (nSPS) is 14.4. The minimum atomic E-state index is -0.123. The number of hydrogen-bond donors (Lipinski definition) is 5. The number of aliphatic hydroxyl groups excluding tert-OH is 2. The molecule has 9 heteroatoms. The van der Waals surface area contributed by atoms with Crippen LogP contribution in [-0.4, -0.2) is 77.3 Å². The Morgan fingerprint density at radius 1 is 0.976 bits per heavy atom. The highest BCUT2D eigenvalue weighted by Crippen LogP contribution is 2.41. The molecule has 41 heavy (non-hydrogen) atoms. The molecule has 7 nitrogen and oxygen atoms in total. The average molecular weight is 602 g/mol. The third kappa shape index (κ3) is 8.00. The predicted molar refractivity (Wildman–Crippen MR) is 178 cm³/mol. The van der Waals surface area contributed by atoms with Crippen molar-refractivity contribution in [3.63, 3.8) is 0 Å². The largest absolute Gasteiger partial charge is 0.395 e. The molecule has 1 amide bonds. The van der Waals surface area contributed by atoms with Gasteiger partial charge >= 0.3 is 0 Å². The molecule has 1 heterocycles. The number of rotatable bonds is 16. The zero-order chi connectivity index (χ0) is 30.2. The van der Waals surface area contributed by atoms with Gasteiger partial charge in [-0.2, -0.15) is 4.58 Å². The van der Waals surface area contributed by atoms with Crippen LogP contribution in [0.25, 0.3) is 0 Å². The van der Waals surface area contributed by atoms with Crippen LogP contribution in [0.15, 0.2) is 36.4 Å². The molecule has 2 aromatic carbocycles. The zero-order valence-corrected chi connectivity index (χ0v) is 27.4. The maximum Gasteiger partial charge on any atom is 0.251 e. The summed E-state index contributed by atoms with van der Waals surface area (Å²) in [5.41, 5.74) is 7.41. The molecule has 1 aliphatic rings. The van der Waals surface area contributed by atoms with E-state index in [9.17, 15) is 15.0 Å². The third-order valence-electron chi connectivity index (χ3n) is 8.51. The quantitative estimate of drug-likeness (QED) is 0.0966. The van der Waals surface area contributed by atoms with Crippen molar-refractivity contribution in [1.29, 1.82) is 0 Å². The van der Waals surface area contributed by atoms with Crippen molar-refractivity contribution in [1.82, 2.24) is 5.32 Å². The van der Waals surface area contributed by atoms with Crippen LogP contribution in [-0.2, 0) is 10.8 Å². The molecule has 1 aliphatic heterocycles. The lowest BCUT2D eigenvalue weighted by molar-refractivity contribution is -0.442. The molecule has 226 valence electrons. The van der Waals surface area contributed by atoms with Crippen LogP contribution in [0.3, 0.4) is 0 Å². The fraction of sp³-hybridized carbons (Fsp3) is 0.562. The van der Waals surface area contributed by atoms with Crippen molar-refractivity contribution in [3.05, 3.63) is 53.1 Å². The van der Waals surface area contributed by atoms with E-state index in [4.69, 9.17) is 0 Å². The number of hydrogen-bond acceptors (Lipinski definition) is 7. The number of carbonyl (C=O) groups excluding carboxylic acids is 1. The van der Waals surface area contributed by atoms with E-state index in [2.05, 4.69) is 87.2 Å². The van der Waals surface area contributed by atoms with Crippen LogP contribution >= 0.6 is 21.6 Å². The number of benzene rings is 2. The number of amides is 1. The lowest BCUT2D eigenvalue weighted by Gasteiger charge is -2.32. The molecule has 0 bridgehead atoms. The summed E-state index contributed by atoms with van der Waals surface area (Å²) in [7, 11) is 3.57. The first-order valence-corrected chi connectivity index (χ1v) is 17.1. The summed E-state index contributed by atoms with van der Waals surface area (Å²) >= 11 is 0. The lowest BCUT2D eigenvalue weighted by Crippen LogP contribution is -2.29. The average Bonchev–Trinajstić information content (AvgIpc) is 3.13. The number of anilines is 2. The Labute approximate surface area is 254 Å². The van der Waals surface area contributed by atoms with Gasteiger partial charge in [0.15, 0.2) is 12.3 Å². The molecule has 3 rings (SSSR count). The second-order valence-electron chi connectivity index (χ2n) is 11.9. The van der Waals surface area contributed by atoms with Crippen molar-refractivity contribution >= 4 is 50.3 Å². The molecule has 2 aromatic rings. The first-order chi connectivity index (χ1) is 19.4. The van der Waals surface area contributed by atoms with Gasteiger partial charge in [-0.05, 0) is 61.1 Å². The van der Waals surface area contributed by atoms with Crippen molar-refractivity contribution < 1.29 is 19.6 Å². The number of aliphatic hydroxyl groups is 2. The smallest absolute Gasteiger partial charge is 0.251 e. The van der Waals surface area contributed by atoms with Gasteiger partial charge in [0.1, 0.15) is 6.61 Å². The van der Waals surface area contributed by atoms with Gasteiger partial charge in [-0.3, -0.25) is 4.79 Å². The van der Waals surface area contributed by atoms with Gasteiger partial charge in [0.2, 0.25) is 5.69 Å². The molecule has 0 aliphatic carbocycles. The van der Waals surface area contributed by atoms with Gasteiger partial charge in [0, 0.05) is 66.6 Å². The summed E-state index contributed by atoms with van der Waals surface area (Å²) in [5, 5.41) is 28.6. The maximum atomic E-state index is 12.9. The summed E-state index contributed by atoms with van der Waals surface area (Å²) in [5.74, 6) is 2.12. The number of nitrogens with one attached hydrogen (secondary N) is 3. The molecule has 5 N–H and O–H groups in total.